The van der Waals surface area contributed by atoms with Crippen molar-refractivity contribution >= 4 is 0 Å². The molecule has 1 heterocycles. The van der Waals surface area contributed by atoms with Crippen molar-refractivity contribution in [3.8, 4) is 0 Å². The van der Waals surface area contributed by atoms with Crippen LogP contribution in [-0.4, -0.2) is 37.1 Å². The summed E-state index contributed by atoms with van der Waals surface area (Å²) in [5, 5.41) is 3.53. The molecule has 1 aromatic carbocycles. The van der Waals surface area contributed by atoms with Crippen LogP contribution < -0.4 is 5.32 Å². The average molecular weight is 246 g/mol. The van der Waals surface area contributed by atoms with Crippen molar-refractivity contribution < 1.29 is 0 Å². The molecule has 0 bridgehead atoms. The van der Waals surface area contributed by atoms with Gasteiger partial charge in [0.15, 0.2) is 0 Å². The predicted molar refractivity (Wildman–Crippen MR) is 78.0 cm³/mol. The molecule has 1 fully saturated rings. The monoisotopic (exact) mass is 246 g/mol. The number of nitrogens with one attached hydrogen (secondary N) is 1. The maximum Gasteiger partial charge on any atom is 0.0318 e. The number of likely N-dealkylation sites (tertiary alicyclic amines) is 1. The third-order valence-electron chi connectivity index (χ3n) is 4.09. The molecule has 1 unspecified atom stereocenters. The van der Waals surface area contributed by atoms with E-state index >= 15 is 0 Å². The van der Waals surface area contributed by atoms with Crippen LogP contribution in [0, 0.1) is 6.92 Å². The van der Waals surface area contributed by atoms with Crippen molar-refractivity contribution in [1.82, 2.24) is 10.2 Å². The van der Waals surface area contributed by atoms with Crippen molar-refractivity contribution in [3.63, 3.8) is 0 Å². The molecule has 100 valence electrons. The first-order valence-corrected chi connectivity index (χ1v) is 7.08. The number of benzene rings is 1. The molecule has 1 aliphatic heterocycles. The maximum absolute atomic E-state index is 3.53. The first kappa shape index (κ1) is 13.6. The summed E-state index contributed by atoms with van der Waals surface area (Å²) in [6, 6.07) is 8.94. The topological polar surface area (TPSA) is 15.3 Å². The molecule has 0 saturated carbocycles. The fraction of sp³-hybridized carbons (Fsp3) is 0.625. The van der Waals surface area contributed by atoms with E-state index in [4.69, 9.17) is 0 Å². The van der Waals surface area contributed by atoms with Crippen LogP contribution in [0.4, 0.5) is 0 Å². The van der Waals surface area contributed by atoms with Gasteiger partial charge in [-0.1, -0.05) is 29.8 Å². The Hall–Kier alpha value is -0.860. The highest BCUT2D eigenvalue weighted by Gasteiger charge is 2.26. The summed E-state index contributed by atoms with van der Waals surface area (Å²) >= 11 is 0. The normalized spacial score (nSPS) is 19.9. The minimum Gasteiger partial charge on any atom is -0.313 e. The minimum absolute atomic E-state index is 0.180. The molecule has 1 aromatic rings. The summed E-state index contributed by atoms with van der Waals surface area (Å²) in [5.41, 5.74) is 2.95. The SMILES string of the molecule is CNC(C)(Cc1ccc(C)cc1)CN1CCCC1. The molecular formula is C16H26N2. The molecule has 1 aliphatic rings. The van der Waals surface area contributed by atoms with Gasteiger partial charge in [-0.3, -0.25) is 0 Å². The Balaban J connectivity index is 1.99. The van der Waals surface area contributed by atoms with E-state index in [0.717, 1.165) is 13.0 Å². The molecule has 1 atom stereocenters. The van der Waals surface area contributed by atoms with E-state index < -0.39 is 0 Å². The first-order chi connectivity index (χ1) is 8.61. The van der Waals surface area contributed by atoms with Crippen LogP contribution in [-0.2, 0) is 6.42 Å². The van der Waals surface area contributed by atoms with E-state index in [-0.39, 0.29) is 5.54 Å². The van der Waals surface area contributed by atoms with Crippen molar-refractivity contribution in [2.24, 2.45) is 0 Å². The molecule has 2 rings (SSSR count). The zero-order valence-corrected chi connectivity index (χ0v) is 12.0. The van der Waals surface area contributed by atoms with Gasteiger partial charge in [0.2, 0.25) is 0 Å². The quantitative estimate of drug-likeness (QED) is 0.859. The third kappa shape index (κ3) is 3.56. The third-order valence-corrected chi connectivity index (χ3v) is 4.09. The van der Waals surface area contributed by atoms with E-state index in [1.54, 1.807) is 0 Å². The lowest BCUT2D eigenvalue weighted by Crippen LogP contribution is -2.50. The fourth-order valence-corrected chi connectivity index (χ4v) is 2.81. The molecule has 0 spiro atoms. The maximum atomic E-state index is 3.53. The van der Waals surface area contributed by atoms with Crippen molar-refractivity contribution in [2.45, 2.75) is 38.6 Å². The molecule has 0 radical (unpaired) electrons. The standard InChI is InChI=1S/C16H26N2/c1-14-6-8-15(9-7-14)12-16(2,17-3)13-18-10-4-5-11-18/h6-9,17H,4-5,10-13H2,1-3H3. The van der Waals surface area contributed by atoms with Gasteiger partial charge < -0.3 is 10.2 Å². The van der Waals surface area contributed by atoms with Gasteiger partial charge in [-0.2, -0.15) is 0 Å². The zero-order chi connectivity index (χ0) is 13.0. The Morgan fingerprint density at radius 1 is 1.17 bits per heavy atom. The molecule has 2 nitrogen and oxygen atoms in total. The van der Waals surface area contributed by atoms with Crippen LogP contribution in [0.15, 0.2) is 24.3 Å². The molecule has 0 aromatic heterocycles. The molecule has 0 aliphatic carbocycles. The van der Waals surface area contributed by atoms with Crippen LogP contribution in [0.5, 0.6) is 0 Å². The number of rotatable bonds is 5. The number of nitrogens with zero attached hydrogens (tertiary/aromatic N) is 1. The Bertz CT molecular complexity index is 365. The van der Waals surface area contributed by atoms with Gasteiger partial charge in [-0.25, -0.2) is 0 Å². The molecule has 0 amide bonds. The second-order valence-electron chi connectivity index (χ2n) is 5.96. The van der Waals surface area contributed by atoms with Crippen LogP contribution in [0.2, 0.25) is 0 Å². The summed E-state index contributed by atoms with van der Waals surface area (Å²) in [6.07, 6.45) is 3.83. The number of hydrogen-bond acceptors (Lipinski definition) is 2. The van der Waals surface area contributed by atoms with Crippen LogP contribution in [0.3, 0.4) is 0 Å². The summed E-state index contributed by atoms with van der Waals surface area (Å²) in [4.78, 5) is 2.59. The highest BCUT2D eigenvalue weighted by atomic mass is 15.2. The lowest BCUT2D eigenvalue weighted by atomic mass is 9.92. The minimum atomic E-state index is 0.180. The lowest BCUT2D eigenvalue weighted by molar-refractivity contribution is 0.229. The summed E-state index contributed by atoms with van der Waals surface area (Å²) < 4.78 is 0. The second-order valence-corrected chi connectivity index (χ2v) is 5.96. The smallest absolute Gasteiger partial charge is 0.0318 e. The Morgan fingerprint density at radius 2 is 1.78 bits per heavy atom. The molecule has 2 heteroatoms. The van der Waals surface area contributed by atoms with Crippen molar-refractivity contribution in [3.05, 3.63) is 35.4 Å². The predicted octanol–water partition coefficient (Wildman–Crippen LogP) is 2.61. The van der Waals surface area contributed by atoms with Crippen LogP contribution in [0.1, 0.15) is 30.9 Å². The Kier molecular flexibility index (Phi) is 4.41. The fourth-order valence-electron chi connectivity index (χ4n) is 2.81. The Morgan fingerprint density at radius 3 is 2.33 bits per heavy atom. The number of likely N-dealkylation sites (N-methyl/N-ethyl adjacent to an activating group) is 1. The van der Waals surface area contributed by atoms with E-state index in [2.05, 4.69) is 55.4 Å². The number of hydrogen-bond donors (Lipinski definition) is 1. The van der Waals surface area contributed by atoms with Gasteiger partial charge in [-0.05, 0) is 58.8 Å². The highest BCUT2D eigenvalue weighted by molar-refractivity contribution is 5.23. The summed E-state index contributed by atoms with van der Waals surface area (Å²) in [5.74, 6) is 0. The van der Waals surface area contributed by atoms with Crippen LogP contribution >= 0.6 is 0 Å². The van der Waals surface area contributed by atoms with Gasteiger partial charge in [0, 0.05) is 12.1 Å². The molecule has 1 N–H and O–H groups in total. The zero-order valence-electron chi connectivity index (χ0n) is 12.0. The van der Waals surface area contributed by atoms with Gasteiger partial charge in [0.25, 0.3) is 0 Å². The van der Waals surface area contributed by atoms with Crippen molar-refractivity contribution in [1.29, 1.82) is 0 Å². The largest absolute Gasteiger partial charge is 0.313 e. The van der Waals surface area contributed by atoms with E-state index in [1.807, 2.05) is 0 Å². The lowest BCUT2D eigenvalue weighted by Gasteiger charge is -2.34. The number of aryl methyl sites for hydroxylation is 1. The van der Waals surface area contributed by atoms with E-state index in [9.17, 15) is 0 Å². The second kappa shape index (κ2) is 5.85. The van der Waals surface area contributed by atoms with E-state index in [0.29, 0.717) is 0 Å². The highest BCUT2D eigenvalue weighted by Crippen LogP contribution is 2.18. The first-order valence-electron chi connectivity index (χ1n) is 7.08. The van der Waals surface area contributed by atoms with Gasteiger partial charge in [0.1, 0.15) is 0 Å². The molecule has 18 heavy (non-hydrogen) atoms. The summed E-state index contributed by atoms with van der Waals surface area (Å²) in [6.45, 7) is 8.17. The van der Waals surface area contributed by atoms with Gasteiger partial charge >= 0.3 is 0 Å². The average Bonchev–Trinajstić information content (AvgIpc) is 2.85. The van der Waals surface area contributed by atoms with Crippen LogP contribution in [0.25, 0.3) is 0 Å². The Labute approximate surface area is 111 Å². The van der Waals surface area contributed by atoms with Crippen molar-refractivity contribution in [2.75, 3.05) is 26.7 Å². The van der Waals surface area contributed by atoms with E-state index in [1.165, 1.54) is 37.1 Å². The van der Waals surface area contributed by atoms with Gasteiger partial charge in [0.05, 0.1) is 0 Å². The van der Waals surface area contributed by atoms with Gasteiger partial charge in [-0.15, -0.1) is 0 Å². The molecule has 1 saturated heterocycles. The molecular weight excluding hydrogens is 220 g/mol. The summed E-state index contributed by atoms with van der Waals surface area (Å²) in [7, 11) is 2.09.